The highest BCUT2D eigenvalue weighted by Gasteiger charge is 2.34. The summed E-state index contributed by atoms with van der Waals surface area (Å²) in [4.78, 5) is 49.2. The van der Waals surface area contributed by atoms with Crippen LogP contribution in [0, 0.1) is 5.92 Å². The molecule has 1 radical (unpaired) electrons. The summed E-state index contributed by atoms with van der Waals surface area (Å²) in [6.07, 6.45) is -0.114. The molecule has 1 unspecified atom stereocenters. The van der Waals surface area contributed by atoms with Gasteiger partial charge in [0.25, 0.3) is 0 Å². The number of ether oxygens (including phenoxy) is 1. The van der Waals surface area contributed by atoms with Crippen LogP contribution in [0.1, 0.15) is 38.7 Å². The average molecular weight is 475 g/mol. The number of carbonyl (C=O) groups excluding carboxylic acids is 4. The fourth-order valence-corrected chi connectivity index (χ4v) is 3.15. The van der Waals surface area contributed by atoms with Crippen LogP contribution in [0.5, 0.6) is 0 Å². The van der Waals surface area contributed by atoms with Crippen LogP contribution in [-0.2, 0) is 35.2 Å². The van der Waals surface area contributed by atoms with Crippen molar-refractivity contribution in [1.29, 1.82) is 0 Å². The van der Waals surface area contributed by atoms with Gasteiger partial charge in [-0.15, -0.1) is 0 Å². The maximum absolute atomic E-state index is 12.8. The van der Waals surface area contributed by atoms with Crippen LogP contribution in [0.2, 0.25) is 0 Å². The first-order chi connectivity index (χ1) is 16.2. The van der Waals surface area contributed by atoms with Crippen LogP contribution in [0.3, 0.4) is 0 Å². The molecule has 12 heteroatoms. The predicted molar refractivity (Wildman–Crippen MR) is 123 cm³/mol. The zero-order valence-electron chi connectivity index (χ0n) is 19.4. The summed E-state index contributed by atoms with van der Waals surface area (Å²) >= 11 is 0. The molecule has 1 fully saturated rings. The van der Waals surface area contributed by atoms with E-state index in [-0.39, 0.29) is 25.4 Å². The number of primary amides is 1. The maximum atomic E-state index is 12.8. The lowest BCUT2D eigenvalue weighted by Gasteiger charge is -2.24. The van der Waals surface area contributed by atoms with E-state index in [0.29, 0.717) is 6.42 Å². The van der Waals surface area contributed by atoms with Crippen molar-refractivity contribution < 1.29 is 33.7 Å². The van der Waals surface area contributed by atoms with E-state index in [1.165, 1.54) is 7.48 Å². The summed E-state index contributed by atoms with van der Waals surface area (Å²) in [6.45, 7) is 3.14. The van der Waals surface area contributed by atoms with Gasteiger partial charge in [0.1, 0.15) is 18.7 Å². The van der Waals surface area contributed by atoms with Gasteiger partial charge >= 0.3 is 13.5 Å². The van der Waals surface area contributed by atoms with Crippen LogP contribution in [0.15, 0.2) is 30.3 Å². The quantitative estimate of drug-likeness (QED) is 0.121. The van der Waals surface area contributed by atoms with Crippen LogP contribution in [-0.4, -0.2) is 67.1 Å². The number of carbonyl (C=O) groups is 4. The Morgan fingerprint density at radius 2 is 1.71 bits per heavy atom. The highest BCUT2D eigenvalue weighted by atomic mass is 16.5. The highest BCUT2D eigenvalue weighted by molar-refractivity contribution is 6.38. The van der Waals surface area contributed by atoms with E-state index >= 15 is 0 Å². The second-order valence-electron chi connectivity index (χ2n) is 8.44. The normalized spacial score (nSPS) is 17.1. The number of nitrogens with one attached hydrogen (secondary N) is 3. The predicted octanol–water partition coefficient (Wildman–Crippen LogP) is -1.11. The highest BCUT2D eigenvalue weighted by Crippen LogP contribution is 2.10. The first-order valence-corrected chi connectivity index (χ1v) is 11.1. The first-order valence-electron chi connectivity index (χ1n) is 11.1. The molecule has 34 heavy (non-hydrogen) atoms. The van der Waals surface area contributed by atoms with Crippen molar-refractivity contribution in [1.82, 2.24) is 16.0 Å². The van der Waals surface area contributed by atoms with Gasteiger partial charge in [0.2, 0.25) is 17.7 Å². The van der Waals surface area contributed by atoms with E-state index in [0.717, 1.165) is 5.56 Å². The van der Waals surface area contributed by atoms with E-state index < -0.39 is 54.6 Å². The van der Waals surface area contributed by atoms with Gasteiger partial charge in [-0.25, -0.2) is 4.79 Å². The third-order valence-corrected chi connectivity index (χ3v) is 4.98. The van der Waals surface area contributed by atoms with Gasteiger partial charge in [-0.05, 0) is 24.3 Å². The monoisotopic (exact) mass is 475 g/mol. The zero-order valence-corrected chi connectivity index (χ0v) is 19.4. The Labute approximate surface area is 199 Å². The van der Waals surface area contributed by atoms with Gasteiger partial charge in [0.05, 0.1) is 18.8 Å². The van der Waals surface area contributed by atoms with E-state index in [9.17, 15) is 24.3 Å². The molecule has 1 aliphatic heterocycles. The van der Waals surface area contributed by atoms with E-state index in [4.69, 9.17) is 15.1 Å². The van der Waals surface area contributed by atoms with Gasteiger partial charge in [-0.2, -0.15) is 0 Å². The molecule has 0 aliphatic carbocycles. The number of hydrogen-bond donors (Lipinski definition) is 5. The molecule has 11 nitrogen and oxygen atoms in total. The molecular formula is C22H32BN4O7. The Morgan fingerprint density at radius 1 is 1.09 bits per heavy atom. The summed E-state index contributed by atoms with van der Waals surface area (Å²) in [5, 5.41) is 17.6. The minimum atomic E-state index is -1.31. The van der Waals surface area contributed by atoms with Crippen LogP contribution >= 0.6 is 0 Å². The molecule has 1 aromatic carbocycles. The third-order valence-electron chi connectivity index (χ3n) is 4.98. The molecule has 0 spiro atoms. The van der Waals surface area contributed by atoms with Crippen molar-refractivity contribution in [3.8, 4) is 0 Å². The number of aliphatic hydroxyl groups excluding tert-OH is 1. The molecule has 185 valence electrons. The minimum absolute atomic E-state index is 0.0533. The minimum Gasteiger partial charge on any atom is -0.459 e. The fourth-order valence-electron chi connectivity index (χ4n) is 3.15. The summed E-state index contributed by atoms with van der Waals surface area (Å²) < 4.78 is 10.3. The Hall–Kier alpha value is -2.96. The molecule has 4 atom stereocenters. The topological polar surface area (TPSA) is 172 Å². The fraction of sp³-hybridized carbons (Fsp3) is 0.545. The zero-order chi connectivity index (χ0) is 25.1. The molecule has 2 rings (SSSR count). The van der Waals surface area contributed by atoms with E-state index in [1.54, 1.807) is 0 Å². The van der Waals surface area contributed by atoms with Crippen molar-refractivity contribution in [2.45, 2.75) is 64.0 Å². The molecule has 3 amide bonds. The molecule has 1 aromatic rings. The summed E-state index contributed by atoms with van der Waals surface area (Å²) in [5.74, 6) is -2.49. The Kier molecular flexibility index (Phi) is 11.0. The van der Waals surface area contributed by atoms with E-state index in [2.05, 4.69) is 16.0 Å². The second kappa shape index (κ2) is 13.7. The molecule has 1 aliphatic rings. The van der Waals surface area contributed by atoms with Gasteiger partial charge in [0, 0.05) is 6.42 Å². The Bertz CT molecular complexity index is 836. The number of hydrogen-bond acceptors (Lipinski definition) is 8. The van der Waals surface area contributed by atoms with E-state index in [1.807, 2.05) is 44.2 Å². The third kappa shape index (κ3) is 9.90. The summed E-state index contributed by atoms with van der Waals surface area (Å²) in [6, 6.07) is 5.97. The van der Waals surface area contributed by atoms with Crippen molar-refractivity contribution in [2.24, 2.45) is 11.7 Å². The standard InChI is InChI=1S/C22H32BN4O7/c1-13(2)10-16(21(32)33-12-14-6-4-3-5-7-14)25-20(31)17(11-28)26-19(30)15(8-9-18(24)29)27-22-23-34-22/h3-7,13,15-17,22,27-28H,8-12H2,1-2H3,(H2,24,29)(H,25,31)(H,26,30)/t15-,16-,17-,22?/m0/s1. The molecule has 0 saturated carbocycles. The van der Waals surface area contributed by atoms with Crippen LogP contribution in [0.4, 0.5) is 0 Å². The number of nitrogens with two attached hydrogens (primary N) is 1. The number of benzene rings is 1. The van der Waals surface area contributed by atoms with Gasteiger partial charge in [-0.3, -0.25) is 19.7 Å². The average Bonchev–Trinajstić information content (AvgIpc) is 3.62. The summed E-state index contributed by atoms with van der Waals surface area (Å²) in [7, 11) is 1.46. The largest absolute Gasteiger partial charge is 0.459 e. The Morgan fingerprint density at radius 3 is 2.26 bits per heavy atom. The molecule has 0 aromatic heterocycles. The molecule has 1 heterocycles. The van der Waals surface area contributed by atoms with Gasteiger partial charge in [-0.1, -0.05) is 44.2 Å². The van der Waals surface area contributed by atoms with Gasteiger partial charge in [0.15, 0.2) is 0 Å². The number of esters is 1. The smallest absolute Gasteiger partial charge is 0.342 e. The summed E-state index contributed by atoms with van der Waals surface area (Å²) in [5.41, 5.74) is 5.97. The van der Waals surface area contributed by atoms with Crippen LogP contribution < -0.4 is 21.7 Å². The number of rotatable bonds is 15. The second-order valence-corrected chi connectivity index (χ2v) is 8.44. The lowest BCUT2D eigenvalue weighted by Crippen LogP contribution is -2.57. The maximum Gasteiger partial charge on any atom is 0.342 e. The molecule has 1 saturated heterocycles. The van der Waals surface area contributed by atoms with Crippen LogP contribution in [0.25, 0.3) is 0 Å². The van der Waals surface area contributed by atoms with Crippen molar-refractivity contribution in [3.05, 3.63) is 35.9 Å². The van der Waals surface area contributed by atoms with Gasteiger partial charge < -0.3 is 30.9 Å². The molecular weight excluding hydrogens is 443 g/mol. The molecule has 0 bridgehead atoms. The SMILES string of the molecule is CC(C)C[C@H](NC(=O)[C@H](CO)NC(=O)[C@H](CCC(N)=O)NC1[B]O1)C(=O)OCc1ccccc1. The Balaban J connectivity index is 1.97. The first kappa shape index (κ1) is 27.3. The van der Waals surface area contributed by atoms with Crippen molar-refractivity contribution in [2.75, 3.05) is 6.61 Å². The molecule has 6 N–H and O–H groups in total. The van der Waals surface area contributed by atoms with Crippen molar-refractivity contribution >= 4 is 31.2 Å². The number of amides is 3. The lowest BCUT2D eigenvalue weighted by molar-refractivity contribution is -0.150. The van der Waals surface area contributed by atoms with Crippen molar-refractivity contribution in [3.63, 3.8) is 0 Å². The lowest BCUT2D eigenvalue weighted by atomic mass is 10.0. The number of aliphatic hydroxyl groups is 1.